The van der Waals surface area contributed by atoms with Crippen LogP contribution in [0.3, 0.4) is 0 Å². The maximum absolute atomic E-state index is 12.9. The van der Waals surface area contributed by atoms with Crippen molar-refractivity contribution in [2.75, 3.05) is 11.9 Å². The van der Waals surface area contributed by atoms with E-state index in [0.29, 0.717) is 20.5 Å². The van der Waals surface area contributed by atoms with Crippen molar-refractivity contribution in [1.29, 1.82) is 0 Å². The number of aryl methyl sites for hydroxylation is 1. The van der Waals surface area contributed by atoms with Crippen molar-refractivity contribution in [1.82, 2.24) is 15.1 Å². The Morgan fingerprint density at radius 3 is 2.74 bits per heavy atom. The van der Waals surface area contributed by atoms with Crippen LogP contribution in [0.4, 0.5) is 5.13 Å². The largest absolute Gasteiger partial charge is 0.490 e. The molecule has 1 N–H and O–H groups in total. The lowest BCUT2D eigenvalue weighted by atomic mass is 9.98. The van der Waals surface area contributed by atoms with Crippen LogP contribution in [-0.4, -0.2) is 43.9 Å². The molecule has 1 aromatic heterocycles. The maximum atomic E-state index is 12.9. The summed E-state index contributed by atoms with van der Waals surface area (Å²) in [6, 6.07) is 7.80. The van der Waals surface area contributed by atoms with Crippen molar-refractivity contribution >= 4 is 62.7 Å². The van der Waals surface area contributed by atoms with E-state index in [-0.39, 0.29) is 24.8 Å². The summed E-state index contributed by atoms with van der Waals surface area (Å²) in [7, 11) is 0. The predicted molar refractivity (Wildman–Crippen MR) is 141 cm³/mol. The smallest absolute Gasteiger partial charge is 0.266 e. The highest BCUT2D eigenvalue weighted by Gasteiger charge is 2.32. The minimum Gasteiger partial charge on any atom is -0.490 e. The fraction of sp³-hybridized carbons (Fsp3) is 0.458. The van der Waals surface area contributed by atoms with E-state index < -0.39 is 0 Å². The quantitative estimate of drug-likeness (QED) is 0.351. The van der Waals surface area contributed by atoms with Gasteiger partial charge in [0.1, 0.15) is 15.1 Å². The van der Waals surface area contributed by atoms with Gasteiger partial charge >= 0.3 is 0 Å². The number of nitrogens with zero attached hydrogens (tertiary/aromatic N) is 3. The van der Waals surface area contributed by atoms with Gasteiger partial charge in [-0.15, -0.1) is 10.2 Å². The molecule has 10 heteroatoms. The molecule has 1 aliphatic heterocycles. The van der Waals surface area contributed by atoms with Gasteiger partial charge in [-0.05, 0) is 55.9 Å². The maximum Gasteiger partial charge on any atom is 0.266 e. The van der Waals surface area contributed by atoms with E-state index in [4.69, 9.17) is 17.0 Å². The Bertz CT molecular complexity index is 1060. The Morgan fingerprint density at radius 1 is 1.24 bits per heavy atom. The number of amides is 2. The van der Waals surface area contributed by atoms with Crippen LogP contribution < -0.4 is 10.1 Å². The zero-order valence-corrected chi connectivity index (χ0v) is 21.6. The lowest BCUT2D eigenvalue weighted by Crippen LogP contribution is -2.31. The second kappa shape index (κ2) is 11.9. The van der Waals surface area contributed by atoms with Crippen molar-refractivity contribution in [2.24, 2.45) is 0 Å². The summed E-state index contributed by atoms with van der Waals surface area (Å²) < 4.78 is 6.54. The third-order valence-corrected chi connectivity index (χ3v) is 7.92. The Kier molecular flexibility index (Phi) is 8.69. The Balaban J connectivity index is 1.29. The average molecular weight is 517 g/mol. The molecule has 0 atom stereocenters. The summed E-state index contributed by atoms with van der Waals surface area (Å²) in [4.78, 5) is 27.2. The third-order valence-electron chi connectivity index (χ3n) is 5.65. The standard InChI is InChI=1S/C24H28N4O3S3/c1-2-6-21-26-27-23(34-21)25-20(29)13-14-28-22(30)19(33-24(28)32)15-16-9-11-18(12-10-16)31-17-7-4-3-5-8-17/h9-12,15,17H,2-8,13-14H2,1H3,(H,25,27,29)/b19-15-. The van der Waals surface area contributed by atoms with Crippen molar-refractivity contribution in [3.63, 3.8) is 0 Å². The number of thioether (sulfide) groups is 1. The summed E-state index contributed by atoms with van der Waals surface area (Å²) >= 11 is 8.03. The monoisotopic (exact) mass is 516 g/mol. The summed E-state index contributed by atoms with van der Waals surface area (Å²) in [5.41, 5.74) is 0.911. The molecule has 34 heavy (non-hydrogen) atoms. The first-order chi connectivity index (χ1) is 16.5. The number of hydrogen-bond donors (Lipinski definition) is 1. The molecule has 0 bridgehead atoms. The van der Waals surface area contributed by atoms with Gasteiger partial charge in [0.05, 0.1) is 11.0 Å². The van der Waals surface area contributed by atoms with Crippen LogP contribution in [0.5, 0.6) is 5.75 Å². The van der Waals surface area contributed by atoms with Gasteiger partial charge in [0.25, 0.3) is 5.91 Å². The van der Waals surface area contributed by atoms with E-state index in [9.17, 15) is 9.59 Å². The SMILES string of the molecule is CCCc1nnc(NC(=O)CCN2C(=O)/C(=C/c3ccc(OC4CCCCC4)cc3)SC2=S)s1. The molecule has 1 saturated heterocycles. The van der Waals surface area contributed by atoms with Gasteiger partial charge < -0.3 is 10.1 Å². The predicted octanol–water partition coefficient (Wildman–Crippen LogP) is 5.43. The molecule has 4 rings (SSSR count). The summed E-state index contributed by atoms with van der Waals surface area (Å²) in [6.07, 6.45) is 10.1. The fourth-order valence-corrected chi connectivity index (χ4v) is 6.04. The van der Waals surface area contributed by atoms with Crippen LogP contribution in [-0.2, 0) is 16.0 Å². The number of thiocarbonyl (C=S) groups is 1. The second-order valence-electron chi connectivity index (χ2n) is 8.33. The minimum atomic E-state index is -0.217. The Labute approximate surface area is 213 Å². The molecule has 1 aliphatic carbocycles. The molecule has 0 unspecified atom stereocenters. The van der Waals surface area contributed by atoms with Crippen LogP contribution in [0.1, 0.15) is 62.4 Å². The molecule has 2 aliphatic rings. The van der Waals surface area contributed by atoms with Gasteiger partial charge in [-0.25, -0.2) is 0 Å². The summed E-state index contributed by atoms with van der Waals surface area (Å²) in [5.74, 6) is 0.470. The van der Waals surface area contributed by atoms with Crippen LogP contribution >= 0.6 is 35.3 Å². The summed E-state index contributed by atoms with van der Waals surface area (Å²) in [5, 5.41) is 12.2. The highest BCUT2D eigenvalue weighted by molar-refractivity contribution is 8.26. The van der Waals surface area contributed by atoms with E-state index in [0.717, 1.165) is 42.0 Å². The lowest BCUT2D eigenvalue weighted by molar-refractivity contribution is -0.122. The molecule has 2 amide bonds. The number of rotatable bonds is 9. The van der Waals surface area contributed by atoms with Crippen molar-refractivity contribution in [3.05, 3.63) is 39.7 Å². The average Bonchev–Trinajstić information content (AvgIpc) is 3.38. The van der Waals surface area contributed by atoms with E-state index in [2.05, 4.69) is 22.4 Å². The van der Waals surface area contributed by atoms with E-state index in [1.54, 1.807) is 0 Å². The minimum absolute atomic E-state index is 0.135. The molecular formula is C24H28N4O3S3. The first-order valence-corrected chi connectivity index (χ1v) is 13.7. The van der Waals surface area contributed by atoms with Gasteiger partial charge in [-0.2, -0.15) is 0 Å². The number of carbonyl (C=O) groups excluding carboxylic acids is 2. The molecule has 180 valence electrons. The van der Waals surface area contributed by atoms with Crippen LogP contribution in [0.25, 0.3) is 6.08 Å². The van der Waals surface area contributed by atoms with E-state index in [1.807, 2.05) is 30.3 Å². The van der Waals surface area contributed by atoms with Gasteiger partial charge in [0.15, 0.2) is 0 Å². The number of aromatic nitrogens is 2. The fourth-order valence-electron chi connectivity index (χ4n) is 3.88. The zero-order chi connectivity index (χ0) is 23.9. The number of hydrogen-bond acceptors (Lipinski definition) is 8. The van der Waals surface area contributed by atoms with Gasteiger partial charge in [0.2, 0.25) is 11.0 Å². The number of carbonyl (C=O) groups is 2. The van der Waals surface area contributed by atoms with Crippen molar-refractivity contribution < 1.29 is 14.3 Å². The van der Waals surface area contributed by atoms with Crippen LogP contribution in [0, 0.1) is 0 Å². The molecule has 2 fully saturated rings. The number of ether oxygens (including phenoxy) is 1. The molecule has 2 aromatic rings. The van der Waals surface area contributed by atoms with Crippen LogP contribution in [0.15, 0.2) is 29.2 Å². The van der Waals surface area contributed by atoms with Gasteiger partial charge in [-0.1, -0.05) is 60.8 Å². The van der Waals surface area contributed by atoms with E-state index in [1.165, 1.54) is 47.3 Å². The molecule has 1 aromatic carbocycles. The van der Waals surface area contributed by atoms with Crippen molar-refractivity contribution in [2.45, 2.75) is 64.4 Å². The molecular weight excluding hydrogens is 488 g/mol. The van der Waals surface area contributed by atoms with Crippen LogP contribution in [0.2, 0.25) is 0 Å². The number of anilines is 1. The lowest BCUT2D eigenvalue weighted by Gasteiger charge is -2.22. The van der Waals surface area contributed by atoms with Crippen molar-refractivity contribution in [3.8, 4) is 5.75 Å². The Morgan fingerprint density at radius 2 is 2.00 bits per heavy atom. The normalized spacial score (nSPS) is 18.0. The third kappa shape index (κ3) is 6.64. The molecule has 0 radical (unpaired) electrons. The summed E-state index contributed by atoms with van der Waals surface area (Å²) in [6.45, 7) is 2.29. The zero-order valence-electron chi connectivity index (χ0n) is 19.1. The first-order valence-electron chi connectivity index (χ1n) is 11.7. The number of benzene rings is 1. The topological polar surface area (TPSA) is 84.4 Å². The van der Waals surface area contributed by atoms with Gasteiger partial charge in [0, 0.05) is 19.4 Å². The highest BCUT2D eigenvalue weighted by atomic mass is 32.2. The molecule has 2 heterocycles. The highest BCUT2D eigenvalue weighted by Crippen LogP contribution is 2.33. The number of nitrogens with one attached hydrogen (secondary N) is 1. The molecule has 0 spiro atoms. The van der Waals surface area contributed by atoms with E-state index >= 15 is 0 Å². The Hall–Kier alpha value is -2.30. The molecule has 7 nitrogen and oxygen atoms in total. The second-order valence-corrected chi connectivity index (χ2v) is 11.1. The van der Waals surface area contributed by atoms with Gasteiger partial charge in [-0.3, -0.25) is 14.5 Å². The first kappa shape index (κ1) is 24.8. The molecule has 1 saturated carbocycles.